The quantitative estimate of drug-likeness (QED) is 0.585. The van der Waals surface area contributed by atoms with Crippen LogP contribution in [0.15, 0.2) is 23.8 Å². The first-order valence-electron chi connectivity index (χ1n) is 9.51. The van der Waals surface area contributed by atoms with Gasteiger partial charge in [-0.05, 0) is 25.3 Å². The lowest BCUT2D eigenvalue weighted by molar-refractivity contribution is -0.142. The van der Waals surface area contributed by atoms with E-state index in [1.165, 1.54) is 17.7 Å². The van der Waals surface area contributed by atoms with Crippen LogP contribution >= 0.6 is 11.3 Å². The molecule has 1 amide bonds. The molecule has 152 valence electrons. The van der Waals surface area contributed by atoms with Crippen LogP contribution in [-0.2, 0) is 16.0 Å². The fourth-order valence-electron chi connectivity index (χ4n) is 3.53. The maximum atomic E-state index is 12.6. The minimum absolute atomic E-state index is 0.0585. The second-order valence-electron chi connectivity index (χ2n) is 6.71. The summed E-state index contributed by atoms with van der Waals surface area (Å²) in [7, 11) is 0. The van der Waals surface area contributed by atoms with E-state index in [2.05, 4.69) is 20.0 Å². The van der Waals surface area contributed by atoms with Gasteiger partial charge in [-0.2, -0.15) is 14.6 Å². The number of piperazine rings is 1. The van der Waals surface area contributed by atoms with E-state index in [0.29, 0.717) is 38.6 Å². The molecule has 0 aromatic carbocycles. The molecule has 0 N–H and O–H groups in total. The first-order chi connectivity index (χ1) is 14.1. The van der Waals surface area contributed by atoms with Crippen LogP contribution < -0.4 is 4.90 Å². The van der Waals surface area contributed by atoms with Gasteiger partial charge in [0.25, 0.3) is 11.7 Å². The topological polar surface area (TPSA) is 92.9 Å². The number of amides is 1. The molecule has 3 aromatic rings. The van der Waals surface area contributed by atoms with Crippen LogP contribution in [0, 0.1) is 6.92 Å². The van der Waals surface area contributed by atoms with E-state index in [-0.39, 0.29) is 18.3 Å². The summed E-state index contributed by atoms with van der Waals surface area (Å²) in [6.07, 6.45) is 1.57. The predicted octanol–water partition coefficient (Wildman–Crippen LogP) is 1.56. The Hall–Kier alpha value is -3.01. The lowest BCUT2D eigenvalue weighted by Gasteiger charge is -2.36. The van der Waals surface area contributed by atoms with Gasteiger partial charge in [-0.1, -0.05) is 6.07 Å². The minimum atomic E-state index is -0.301. The molecule has 0 spiro atoms. The number of thiophene rings is 1. The summed E-state index contributed by atoms with van der Waals surface area (Å²) in [6, 6.07) is 3.74. The molecular formula is C19H22N6O3S. The highest BCUT2D eigenvalue weighted by atomic mass is 32.1. The molecule has 4 rings (SSSR count). The summed E-state index contributed by atoms with van der Waals surface area (Å²) in [4.78, 5) is 38.2. The zero-order valence-corrected chi connectivity index (χ0v) is 17.2. The van der Waals surface area contributed by atoms with Gasteiger partial charge in [0, 0.05) is 37.4 Å². The van der Waals surface area contributed by atoms with Crippen molar-refractivity contribution in [1.82, 2.24) is 24.5 Å². The van der Waals surface area contributed by atoms with Gasteiger partial charge in [-0.3, -0.25) is 9.59 Å². The molecule has 29 heavy (non-hydrogen) atoms. The van der Waals surface area contributed by atoms with Crippen molar-refractivity contribution in [2.45, 2.75) is 20.3 Å². The lowest BCUT2D eigenvalue weighted by Crippen LogP contribution is -2.49. The Labute approximate surface area is 171 Å². The molecule has 1 aliphatic heterocycles. The Morgan fingerprint density at radius 3 is 2.72 bits per heavy atom. The van der Waals surface area contributed by atoms with Crippen LogP contribution in [0.2, 0.25) is 0 Å². The van der Waals surface area contributed by atoms with Crippen molar-refractivity contribution in [2.75, 3.05) is 37.7 Å². The fraction of sp³-hybridized carbons (Fsp3) is 0.421. The van der Waals surface area contributed by atoms with E-state index in [0.717, 1.165) is 22.0 Å². The van der Waals surface area contributed by atoms with Crippen molar-refractivity contribution >= 4 is 34.8 Å². The molecule has 0 atom stereocenters. The van der Waals surface area contributed by atoms with Gasteiger partial charge >= 0.3 is 5.97 Å². The minimum Gasteiger partial charge on any atom is -0.466 e. The third-order valence-electron chi connectivity index (χ3n) is 4.93. The number of ether oxygens (including phenoxy) is 1. The Morgan fingerprint density at radius 2 is 2.03 bits per heavy atom. The Morgan fingerprint density at radius 1 is 1.24 bits per heavy atom. The molecule has 1 aliphatic rings. The standard InChI is InChI=1S/C19H22N6O3S/c1-3-28-16(26)11-14-13(2)22-19-20-12-21-25(19)17(14)23-6-8-24(9-7-23)18(27)15-5-4-10-29-15/h4-5,10,12H,3,6-9,11H2,1-2H3. The summed E-state index contributed by atoms with van der Waals surface area (Å²) in [6.45, 7) is 6.42. The number of fused-ring (bicyclic) bond motifs is 1. The van der Waals surface area contributed by atoms with Gasteiger partial charge < -0.3 is 14.5 Å². The van der Waals surface area contributed by atoms with Gasteiger partial charge in [-0.15, -0.1) is 11.3 Å². The largest absolute Gasteiger partial charge is 0.466 e. The lowest BCUT2D eigenvalue weighted by atomic mass is 10.1. The van der Waals surface area contributed by atoms with E-state index < -0.39 is 0 Å². The first kappa shape index (κ1) is 19.3. The molecule has 0 unspecified atom stereocenters. The van der Waals surface area contributed by atoms with E-state index in [1.54, 1.807) is 11.4 Å². The molecule has 10 heteroatoms. The van der Waals surface area contributed by atoms with E-state index >= 15 is 0 Å². The van der Waals surface area contributed by atoms with Gasteiger partial charge in [0.05, 0.1) is 17.9 Å². The number of carbonyl (C=O) groups excluding carboxylic acids is 2. The van der Waals surface area contributed by atoms with Gasteiger partial charge in [-0.25, -0.2) is 4.98 Å². The van der Waals surface area contributed by atoms with Crippen LogP contribution in [-0.4, -0.2) is 69.1 Å². The highest BCUT2D eigenvalue weighted by molar-refractivity contribution is 7.12. The van der Waals surface area contributed by atoms with Gasteiger partial charge in [0.1, 0.15) is 12.1 Å². The number of esters is 1. The molecule has 0 aliphatic carbocycles. The van der Waals surface area contributed by atoms with Gasteiger partial charge in [0.15, 0.2) is 0 Å². The summed E-state index contributed by atoms with van der Waals surface area (Å²) >= 11 is 1.45. The average molecular weight is 414 g/mol. The second-order valence-corrected chi connectivity index (χ2v) is 7.66. The number of aryl methyl sites for hydroxylation is 1. The molecule has 1 saturated heterocycles. The van der Waals surface area contributed by atoms with Crippen LogP contribution in [0.5, 0.6) is 0 Å². The SMILES string of the molecule is CCOC(=O)Cc1c(C)nc2ncnn2c1N1CCN(C(=O)c2cccs2)CC1. The zero-order valence-electron chi connectivity index (χ0n) is 16.4. The molecule has 0 saturated carbocycles. The van der Waals surface area contributed by atoms with Crippen molar-refractivity contribution in [3.8, 4) is 0 Å². The van der Waals surface area contributed by atoms with Crippen LogP contribution in [0.1, 0.15) is 27.9 Å². The average Bonchev–Trinajstić information content (AvgIpc) is 3.40. The molecule has 9 nitrogen and oxygen atoms in total. The molecular weight excluding hydrogens is 392 g/mol. The number of aromatic nitrogens is 4. The number of carbonyl (C=O) groups is 2. The normalized spacial score (nSPS) is 14.4. The van der Waals surface area contributed by atoms with Crippen LogP contribution in [0.4, 0.5) is 5.82 Å². The molecule has 4 heterocycles. The van der Waals surface area contributed by atoms with E-state index in [9.17, 15) is 9.59 Å². The highest BCUT2D eigenvalue weighted by Crippen LogP contribution is 2.26. The smallest absolute Gasteiger partial charge is 0.310 e. The maximum absolute atomic E-state index is 12.6. The Balaban J connectivity index is 1.61. The van der Waals surface area contributed by atoms with E-state index in [4.69, 9.17) is 4.74 Å². The zero-order chi connectivity index (χ0) is 20.4. The molecule has 0 radical (unpaired) electrons. The molecule has 0 bridgehead atoms. The Bertz CT molecular complexity index is 1020. The van der Waals surface area contributed by atoms with Crippen molar-refractivity contribution < 1.29 is 14.3 Å². The van der Waals surface area contributed by atoms with E-state index in [1.807, 2.05) is 29.3 Å². The summed E-state index contributed by atoms with van der Waals surface area (Å²) in [5.41, 5.74) is 1.50. The Kier molecular flexibility index (Phi) is 5.43. The van der Waals surface area contributed by atoms with Crippen molar-refractivity contribution in [2.24, 2.45) is 0 Å². The summed E-state index contributed by atoms with van der Waals surface area (Å²) in [5, 5.41) is 6.22. The number of nitrogens with zero attached hydrogens (tertiary/aromatic N) is 6. The third-order valence-corrected chi connectivity index (χ3v) is 5.79. The number of hydrogen-bond donors (Lipinski definition) is 0. The highest BCUT2D eigenvalue weighted by Gasteiger charge is 2.28. The van der Waals surface area contributed by atoms with Crippen molar-refractivity contribution in [3.05, 3.63) is 40.0 Å². The first-order valence-corrected chi connectivity index (χ1v) is 10.4. The monoisotopic (exact) mass is 414 g/mol. The van der Waals surface area contributed by atoms with Gasteiger partial charge in [0.2, 0.25) is 0 Å². The fourth-order valence-corrected chi connectivity index (χ4v) is 4.22. The molecule has 3 aromatic heterocycles. The van der Waals surface area contributed by atoms with Crippen molar-refractivity contribution in [3.63, 3.8) is 0 Å². The molecule has 1 fully saturated rings. The predicted molar refractivity (Wildman–Crippen MR) is 108 cm³/mol. The van der Waals surface area contributed by atoms with Crippen LogP contribution in [0.3, 0.4) is 0 Å². The summed E-state index contributed by atoms with van der Waals surface area (Å²) in [5.74, 6) is 1.04. The number of rotatable bonds is 5. The number of hydrogen-bond acceptors (Lipinski definition) is 8. The summed E-state index contributed by atoms with van der Waals surface area (Å²) < 4.78 is 6.81. The maximum Gasteiger partial charge on any atom is 0.310 e. The number of anilines is 1. The third kappa shape index (κ3) is 3.80. The van der Waals surface area contributed by atoms with Crippen molar-refractivity contribution in [1.29, 1.82) is 0 Å². The van der Waals surface area contributed by atoms with Crippen LogP contribution in [0.25, 0.3) is 5.78 Å². The second kappa shape index (κ2) is 8.16.